The van der Waals surface area contributed by atoms with E-state index in [4.69, 9.17) is 35.2 Å². The summed E-state index contributed by atoms with van der Waals surface area (Å²) < 4.78 is 51.5. The number of aromatic amines is 1. The van der Waals surface area contributed by atoms with Gasteiger partial charge in [-0.2, -0.15) is 5.21 Å². The van der Waals surface area contributed by atoms with E-state index < -0.39 is 33.4 Å². The summed E-state index contributed by atoms with van der Waals surface area (Å²) in [6.07, 6.45) is 3.77. The minimum absolute atomic E-state index is 0.0588. The van der Waals surface area contributed by atoms with Gasteiger partial charge in [0.1, 0.15) is 6.04 Å². The Balaban J connectivity index is 0.000000145. The zero-order chi connectivity index (χ0) is 87.4. The van der Waals surface area contributed by atoms with E-state index in [2.05, 4.69) is 79.1 Å². The molecule has 3 fully saturated rings. The predicted molar refractivity (Wildman–Crippen MR) is 465 cm³/mol. The summed E-state index contributed by atoms with van der Waals surface area (Å²) in [6.45, 7) is 7.13. The number of carbonyl (C=O) groups is 7. The topological polar surface area (TPSA) is 399 Å². The monoisotopic (exact) mass is 1700 g/mol. The van der Waals surface area contributed by atoms with Crippen molar-refractivity contribution in [1.29, 1.82) is 0 Å². The van der Waals surface area contributed by atoms with Gasteiger partial charge in [0.25, 0.3) is 27.7 Å². The Morgan fingerprint density at radius 1 is 0.512 bits per heavy atom. The van der Waals surface area contributed by atoms with Crippen LogP contribution in [-0.2, 0) is 71.4 Å². The third kappa shape index (κ3) is 18.8. The maximum absolute atomic E-state index is 13.9. The minimum atomic E-state index is -4.07. The minimum Gasteiger partial charge on any atom is -0.478 e. The number of hydrazine groups is 1. The molecule has 0 radical (unpaired) electrons. The first-order chi connectivity index (χ1) is 60.6. The number of fused-ring (bicyclic) bond motifs is 6. The van der Waals surface area contributed by atoms with Crippen LogP contribution in [0.3, 0.4) is 0 Å². The van der Waals surface area contributed by atoms with Gasteiger partial charge in [0.2, 0.25) is 11.8 Å². The van der Waals surface area contributed by atoms with Crippen LogP contribution >= 0.6 is 0 Å². The molecule has 0 saturated carbocycles. The van der Waals surface area contributed by atoms with Gasteiger partial charge in [0.15, 0.2) is 40.4 Å². The molecule has 125 heavy (non-hydrogen) atoms. The Labute approximate surface area is 722 Å². The molecular weight excluding hydrogens is 1610 g/mol. The van der Waals surface area contributed by atoms with Crippen molar-refractivity contribution in [2.24, 2.45) is 17.2 Å². The van der Waals surface area contributed by atoms with E-state index in [1.807, 2.05) is 137 Å². The van der Waals surface area contributed by atoms with Gasteiger partial charge in [-0.15, -0.1) is 10.2 Å². The van der Waals surface area contributed by atoms with Gasteiger partial charge >= 0.3 is 11.9 Å². The molecule has 10 heterocycles. The number of anilines is 3. The molecule has 1 atom stereocenters. The number of benzene rings is 7. The van der Waals surface area contributed by atoms with Crippen molar-refractivity contribution in [3.63, 3.8) is 0 Å². The highest BCUT2D eigenvalue weighted by atomic mass is 32.2. The number of H-pyrrole nitrogens is 1. The number of nitrogens with zero attached hydrogens (tertiary/aromatic N) is 9. The molecule has 6 aliphatic heterocycles. The Hall–Kier alpha value is -14.0. The normalized spacial score (nSPS) is 15.7. The number of aromatic nitrogens is 4. The predicted octanol–water partition coefficient (Wildman–Crippen LogP) is 9.34. The SMILES string of the molecule is CCOC(=O)CC(NNC)C(=O)N1CC2(CCN(C(=O)c3ccc(C#Cc4ccccc4)o3)CC2)c2cc(CN)ccc21.NCc1ccc2c(c1)C1(CCN(C(=O)c3ccc(C#Cc4ccccc4)o3)CC1)CN2C(=O)Cc1nn[nH]n1.NCc1ccc2c(c1)C1(CCN(C(=O)c3ccc(C#Cc4ccccc4)o3)CC1)CN2S(=O)(=O)c1cccc(C(=O)O)c1. The van der Waals surface area contributed by atoms with Crippen LogP contribution in [-0.4, -0.2) is 169 Å². The molecule has 17 rings (SSSR count). The number of amides is 5. The van der Waals surface area contributed by atoms with Crippen molar-refractivity contribution in [2.45, 2.75) is 105 Å². The molecule has 1 unspecified atom stereocenters. The number of piperidine rings is 3. The summed E-state index contributed by atoms with van der Waals surface area (Å²) in [5.74, 6) is 17.8. The second-order valence-corrected chi connectivity index (χ2v) is 33.3. The zero-order valence-corrected chi connectivity index (χ0v) is 69.8. The molecule has 638 valence electrons. The quantitative estimate of drug-likeness (QED) is 0.0253. The van der Waals surface area contributed by atoms with Crippen molar-refractivity contribution in [1.82, 2.24) is 46.2 Å². The number of ether oxygens (including phenoxy) is 1. The Morgan fingerprint density at radius 2 is 0.928 bits per heavy atom. The van der Waals surface area contributed by atoms with E-state index in [-0.39, 0.29) is 94.1 Å². The molecule has 29 nitrogen and oxygen atoms in total. The summed E-state index contributed by atoms with van der Waals surface area (Å²) in [4.78, 5) is 99.7. The summed E-state index contributed by atoms with van der Waals surface area (Å²) in [5, 5.41) is 23.2. The van der Waals surface area contributed by atoms with Crippen LogP contribution in [0, 0.1) is 35.5 Å². The van der Waals surface area contributed by atoms with Crippen molar-refractivity contribution in [3.05, 3.63) is 302 Å². The number of carbonyl (C=O) groups excluding carboxylic acids is 6. The lowest BCUT2D eigenvalue weighted by molar-refractivity contribution is -0.145. The van der Waals surface area contributed by atoms with Crippen molar-refractivity contribution in [3.8, 4) is 35.5 Å². The Kier molecular flexibility index (Phi) is 26.0. The Morgan fingerprint density at radius 3 is 1.34 bits per heavy atom. The molecule has 5 amide bonds. The highest BCUT2D eigenvalue weighted by Crippen LogP contribution is 2.52. The van der Waals surface area contributed by atoms with Gasteiger partial charge in [0.05, 0.1) is 35.6 Å². The van der Waals surface area contributed by atoms with Crippen molar-refractivity contribution in [2.75, 3.05) is 86.7 Å². The number of aromatic carboxylic acids is 1. The summed E-state index contributed by atoms with van der Waals surface area (Å²) in [5.41, 5.74) is 33.1. The molecule has 6 aliphatic rings. The average molecular weight is 1700 g/mol. The number of esters is 1. The average Bonchev–Trinajstić information content (AvgIpc) is 1.58. The van der Waals surface area contributed by atoms with Crippen LogP contribution in [0.1, 0.15) is 167 Å². The summed E-state index contributed by atoms with van der Waals surface area (Å²) in [6, 6.07) is 60.9. The fourth-order valence-corrected chi connectivity index (χ4v) is 18.8. The molecular formula is C95H93N15O14S. The molecule has 30 heteroatoms. The summed E-state index contributed by atoms with van der Waals surface area (Å²) >= 11 is 0. The number of rotatable bonds is 17. The van der Waals surface area contributed by atoms with E-state index in [1.54, 1.807) is 71.1 Å². The van der Waals surface area contributed by atoms with Crippen LogP contribution in [0.5, 0.6) is 0 Å². The first-order valence-electron chi connectivity index (χ1n) is 41.3. The van der Waals surface area contributed by atoms with E-state index >= 15 is 0 Å². The van der Waals surface area contributed by atoms with Gasteiger partial charge in [-0.1, -0.05) is 120 Å². The second kappa shape index (κ2) is 37.8. The van der Waals surface area contributed by atoms with Gasteiger partial charge < -0.3 is 64.8 Å². The van der Waals surface area contributed by atoms with Crippen LogP contribution in [0.4, 0.5) is 17.1 Å². The standard InChI is InChI=1S/C33H37N5O5.C33H29N3O6S.C29H27N7O3/c1-3-42-30(39)20-27(36-35-2)31(40)38-22-33(26-19-24(21-34)10-13-28(26)38)15-17-37(18-16-33)32(41)29-14-12-25(43-29)11-9-23-7-5-4-6-8-23;34-21-24-10-13-29-28(19-24)33(22-36(29)43(40,41)27-8-4-7-25(20-27)32(38)39)15-17-35(18-16-33)31(37)30-14-12-26(42-30)11-9-23-5-2-1-3-6-23;30-18-21-7-10-24-23(16-21)29(19-36(24)27(37)17-26-31-33-34-32-26)12-14-35(15-13-29)28(38)25-11-9-22(39-25)8-6-20-4-2-1-3-5-20/h4-8,10,12-14,19,27,35-36H,3,15-18,20-22,34H2,1-2H3;1-8,10,12-14,19-20H,15-18,21-22,34H2,(H,38,39);1-5,7,9-11,16H,12-15,17-19,30H2,(H,31,32,33,34). The van der Waals surface area contributed by atoms with Crippen molar-refractivity contribution < 1.29 is 65.1 Å². The largest absolute Gasteiger partial charge is 0.478 e. The smallest absolute Gasteiger partial charge is 0.335 e. The molecule has 0 aliphatic carbocycles. The van der Waals surface area contributed by atoms with Gasteiger partial charge in [-0.25, -0.2) is 18.6 Å². The lowest BCUT2D eigenvalue weighted by Gasteiger charge is -2.39. The fraction of sp³-hybridized carbons (Fsp3) is 0.284. The van der Waals surface area contributed by atoms with E-state index in [0.29, 0.717) is 139 Å². The lowest BCUT2D eigenvalue weighted by atomic mass is 9.74. The fourth-order valence-electron chi connectivity index (χ4n) is 17.2. The number of carboxylic acid groups (broad SMARTS) is 1. The number of likely N-dealkylation sites (tertiary alicyclic amines) is 3. The van der Waals surface area contributed by atoms with Gasteiger partial charge in [-0.05, 0) is 213 Å². The number of tetrazole rings is 1. The zero-order valence-electron chi connectivity index (χ0n) is 69.0. The number of nitrogens with one attached hydrogen (secondary N) is 3. The molecule has 4 aromatic heterocycles. The number of carboxylic acids is 1. The number of hydrogen-bond acceptors (Lipinski definition) is 21. The molecule has 7 aromatic carbocycles. The molecule has 11 aromatic rings. The number of sulfonamides is 1. The maximum Gasteiger partial charge on any atom is 0.335 e. The van der Waals surface area contributed by atoms with E-state index in [1.165, 1.54) is 28.6 Å². The third-order valence-electron chi connectivity index (χ3n) is 23.8. The van der Waals surface area contributed by atoms with E-state index in [9.17, 15) is 47.1 Å². The molecule has 3 saturated heterocycles. The van der Waals surface area contributed by atoms with Crippen molar-refractivity contribution >= 4 is 68.6 Å². The van der Waals surface area contributed by atoms with Gasteiger partial charge in [0, 0.05) is 123 Å². The highest BCUT2D eigenvalue weighted by Gasteiger charge is 2.52. The molecule has 10 N–H and O–H groups in total. The Bertz CT molecular complexity index is 6150. The van der Waals surface area contributed by atoms with Gasteiger partial charge in [-0.3, -0.25) is 38.5 Å². The van der Waals surface area contributed by atoms with Crippen LogP contribution in [0.15, 0.2) is 224 Å². The van der Waals surface area contributed by atoms with Crippen LogP contribution in [0.2, 0.25) is 0 Å². The maximum atomic E-state index is 13.9. The second-order valence-electron chi connectivity index (χ2n) is 31.4. The third-order valence-corrected chi connectivity index (χ3v) is 25.6. The van der Waals surface area contributed by atoms with E-state index in [0.717, 1.165) is 61.4 Å². The first-order valence-corrected chi connectivity index (χ1v) is 42.7. The van der Waals surface area contributed by atoms with Crippen LogP contribution < -0.4 is 42.2 Å². The molecule has 3 spiro atoms. The molecule has 0 bridgehead atoms. The number of nitrogens with two attached hydrogens (primary N) is 3. The lowest BCUT2D eigenvalue weighted by Crippen LogP contribution is -2.53. The summed E-state index contributed by atoms with van der Waals surface area (Å²) in [7, 11) is -2.41. The number of furan rings is 3. The highest BCUT2D eigenvalue weighted by molar-refractivity contribution is 7.92. The number of hydrogen-bond donors (Lipinski definition) is 7. The van der Waals surface area contributed by atoms with Crippen LogP contribution in [0.25, 0.3) is 0 Å². The first kappa shape index (κ1) is 85.9.